The van der Waals surface area contributed by atoms with Gasteiger partial charge >= 0.3 is 6.03 Å². The molecule has 10 heteroatoms. The van der Waals surface area contributed by atoms with E-state index in [-0.39, 0.29) is 21.4 Å². The Bertz CT molecular complexity index is 1110. The average molecular weight is 543 g/mol. The third kappa shape index (κ3) is 6.40. The summed E-state index contributed by atoms with van der Waals surface area (Å²) in [6, 6.07) is 11.4. The van der Waals surface area contributed by atoms with Crippen molar-refractivity contribution in [3.05, 3.63) is 86.2 Å². The second-order valence-corrected chi connectivity index (χ2v) is 8.44. The van der Waals surface area contributed by atoms with Crippen molar-refractivity contribution in [2.45, 2.75) is 12.8 Å². The Labute approximate surface area is 202 Å². The van der Waals surface area contributed by atoms with Gasteiger partial charge in [0.05, 0.1) is 33.2 Å². The summed E-state index contributed by atoms with van der Waals surface area (Å²) in [6.45, 7) is 0. The summed E-state index contributed by atoms with van der Waals surface area (Å²) in [5.41, 5.74) is 2.50. The molecule has 31 heavy (non-hydrogen) atoms. The van der Waals surface area contributed by atoms with E-state index in [1.165, 1.54) is 18.3 Å². The highest BCUT2D eigenvalue weighted by Crippen LogP contribution is 2.24. The molecule has 0 aliphatic carbocycles. The van der Waals surface area contributed by atoms with Crippen LogP contribution in [0, 0.1) is 0 Å². The van der Waals surface area contributed by atoms with Crippen LogP contribution < -0.4 is 10.6 Å². The third-order valence-electron chi connectivity index (χ3n) is 4.18. The lowest BCUT2D eigenvalue weighted by Gasteiger charge is -2.11. The normalized spacial score (nSPS) is 10.6. The molecule has 0 aliphatic heterocycles. The summed E-state index contributed by atoms with van der Waals surface area (Å²) in [7, 11) is 0. The number of aryl methyl sites for hydroxylation is 1. The molecule has 0 radical (unpaired) electrons. The van der Waals surface area contributed by atoms with Gasteiger partial charge in [0.25, 0.3) is 5.91 Å². The van der Waals surface area contributed by atoms with Crippen molar-refractivity contribution in [3.8, 4) is 0 Å². The molecule has 0 spiro atoms. The standard InChI is InChI=1S/C21H16BrCl3N4O2/c22-8-7-16-17(10-12-3-1-4-13(23)9-12)26-11-18(27-16)28-21(31)29-20(30)19-14(24)5-2-6-15(19)25/h1-6,9,11H,7-8,10H2,(H2,27,28,29,30,31). The van der Waals surface area contributed by atoms with E-state index >= 15 is 0 Å². The summed E-state index contributed by atoms with van der Waals surface area (Å²) in [4.78, 5) is 33.5. The zero-order chi connectivity index (χ0) is 22.4. The number of aromatic nitrogens is 2. The van der Waals surface area contributed by atoms with Crippen LogP contribution >= 0.6 is 50.7 Å². The van der Waals surface area contributed by atoms with Crippen LogP contribution in [0.5, 0.6) is 0 Å². The van der Waals surface area contributed by atoms with Gasteiger partial charge in [0, 0.05) is 23.2 Å². The number of carbonyl (C=O) groups is 2. The minimum Gasteiger partial charge on any atom is -0.291 e. The number of rotatable bonds is 6. The number of imide groups is 1. The van der Waals surface area contributed by atoms with Gasteiger partial charge in [0.2, 0.25) is 0 Å². The van der Waals surface area contributed by atoms with Crippen molar-refractivity contribution in [2.24, 2.45) is 0 Å². The van der Waals surface area contributed by atoms with Gasteiger partial charge in [-0.05, 0) is 29.8 Å². The van der Waals surface area contributed by atoms with E-state index in [0.717, 1.165) is 17.0 Å². The number of nitrogens with one attached hydrogen (secondary N) is 2. The third-order valence-corrected chi connectivity index (χ3v) is 5.44. The van der Waals surface area contributed by atoms with Gasteiger partial charge in [-0.3, -0.25) is 20.4 Å². The summed E-state index contributed by atoms with van der Waals surface area (Å²) < 4.78 is 0. The van der Waals surface area contributed by atoms with Crippen LogP contribution in [0.2, 0.25) is 15.1 Å². The van der Waals surface area contributed by atoms with Crippen molar-refractivity contribution < 1.29 is 9.59 Å². The molecule has 0 fully saturated rings. The maximum Gasteiger partial charge on any atom is 0.327 e. The van der Waals surface area contributed by atoms with E-state index in [1.54, 1.807) is 12.1 Å². The Morgan fingerprint density at radius 1 is 1.00 bits per heavy atom. The van der Waals surface area contributed by atoms with Gasteiger partial charge < -0.3 is 0 Å². The minimum absolute atomic E-state index is 0.0175. The first-order valence-corrected chi connectivity index (χ1v) is 11.3. The number of hydrogen-bond acceptors (Lipinski definition) is 4. The molecular weight excluding hydrogens is 527 g/mol. The van der Waals surface area contributed by atoms with Crippen LogP contribution in [0.4, 0.5) is 10.6 Å². The Morgan fingerprint density at radius 2 is 1.71 bits per heavy atom. The molecule has 1 aromatic heterocycles. The number of nitrogens with zero attached hydrogens (tertiary/aromatic N) is 2. The maximum atomic E-state index is 12.3. The monoisotopic (exact) mass is 540 g/mol. The Kier molecular flexibility index (Phi) is 8.26. The molecular formula is C21H16BrCl3N4O2. The van der Waals surface area contributed by atoms with E-state index in [9.17, 15) is 9.59 Å². The molecule has 160 valence electrons. The summed E-state index contributed by atoms with van der Waals surface area (Å²) in [5, 5.41) is 6.30. The lowest BCUT2D eigenvalue weighted by atomic mass is 10.1. The highest BCUT2D eigenvalue weighted by molar-refractivity contribution is 9.09. The molecule has 0 saturated heterocycles. The maximum absolute atomic E-state index is 12.3. The van der Waals surface area contributed by atoms with Gasteiger partial charge in [-0.2, -0.15) is 0 Å². The van der Waals surface area contributed by atoms with Crippen LogP contribution in [-0.2, 0) is 12.8 Å². The number of anilines is 1. The molecule has 6 nitrogen and oxygen atoms in total. The molecule has 3 rings (SSSR count). The predicted molar refractivity (Wildman–Crippen MR) is 127 cm³/mol. The smallest absolute Gasteiger partial charge is 0.291 e. The highest BCUT2D eigenvalue weighted by Gasteiger charge is 2.18. The molecule has 1 heterocycles. The van der Waals surface area contributed by atoms with Gasteiger partial charge in [-0.25, -0.2) is 9.78 Å². The zero-order valence-electron chi connectivity index (χ0n) is 16.0. The molecule has 0 saturated carbocycles. The molecule has 0 aliphatic rings. The van der Waals surface area contributed by atoms with Crippen molar-refractivity contribution in [2.75, 3.05) is 10.6 Å². The van der Waals surface area contributed by atoms with E-state index in [1.807, 2.05) is 18.2 Å². The van der Waals surface area contributed by atoms with Gasteiger partial charge in [-0.1, -0.05) is 68.9 Å². The Balaban J connectivity index is 1.73. The van der Waals surface area contributed by atoms with E-state index in [4.69, 9.17) is 34.8 Å². The number of carbonyl (C=O) groups excluding carboxylic acids is 2. The van der Waals surface area contributed by atoms with Crippen LogP contribution in [0.25, 0.3) is 0 Å². The lowest BCUT2D eigenvalue weighted by Crippen LogP contribution is -2.35. The van der Waals surface area contributed by atoms with E-state index < -0.39 is 11.9 Å². The SMILES string of the molecule is O=C(NC(=O)c1c(Cl)cccc1Cl)Nc1cnc(Cc2cccc(Cl)c2)c(CCBr)n1. The van der Waals surface area contributed by atoms with Crippen LogP contribution in [-0.4, -0.2) is 27.2 Å². The number of amides is 3. The number of alkyl halides is 1. The molecule has 0 atom stereocenters. The number of benzene rings is 2. The van der Waals surface area contributed by atoms with Gasteiger partial charge in [-0.15, -0.1) is 0 Å². The average Bonchev–Trinajstić information content (AvgIpc) is 2.70. The summed E-state index contributed by atoms with van der Waals surface area (Å²) in [6.07, 6.45) is 2.59. The van der Waals surface area contributed by atoms with Crippen molar-refractivity contribution >= 4 is 68.5 Å². The van der Waals surface area contributed by atoms with Crippen molar-refractivity contribution in [1.29, 1.82) is 0 Å². The fourth-order valence-electron chi connectivity index (χ4n) is 2.82. The molecule has 0 unspecified atom stereocenters. The molecule has 0 bridgehead atoms. The van der Waals surface area contributed by atoms with E-state index in [0.29, 0.717) is 23.2 Å². The number of urea groups is 1. The van der Waals surface area contributed by atoms with Crippen LogP contribution in [0.15, 0.2) is 48.7 Å². The van der Waals surface area contributed by atoms with E-state index in [2.05, 4.69) is 36.5 Å². The minimum atomic E-state index is -0.775. The second kappa shape index (κ2) is 10.9. The summed E-state index contributed by atoms with van der Waals surface area (Å²) >= 11 is 21.5. The molecule has 3 aromatic rings. The van der Waals surface area contributed by atoms with Crippen LogP contribution in [0.1, 0.15) is 27.3 Å². The predicted octanol–water partition coefficient (Wildman–Crippen LogP) is 5.93. The molecule has 2 N–H and O–H groups in total. The van der Waals surface area contributed by atoms with Gasteiger partial charge in [0.15, 0.2) is 5.82 Å². The molecule has 3 amide bonds. The number of halogens is 4. The number of hydrogen-bond donors (Lipinski definition) is 2. The molecule has 2 aromatic carbocycles. The fraction of sp³-hybridized carbons (Fsp3) is 0.143. The summed E-state index contributed by atoms with van der Waals surface area (Å²) in [5.74, 6) is -0.513. The first-order chi connectivity index (χ1) is 14.9. The van der Waals surface area contributed by atoms with Gasteiger partial charge in [0.1, 0.15) is 0 Å². The Hall–Kier alpha value is -2.19. The first-order valence-electron chi connectivity index (χ1n) is 9.09. The zero-order valence-corrected chi connectivity index (χ0v) is 19.8. The lowest BCUT2D eigenvalue weighted by molar-refractivity contribution is 0.0967. The fourth-order valence-corrected chi connectivity index (χ4v) is 3.98. The van der Waals surface area contributed by atoms with Crippen molar-refractivity contribution in [1.82, 2.24) is 15.3 Å². The largest absolute Gasteiger partial charge is 0.327 e. The Morgan fingerprint density at radius 3 is 2.39 bits per heavy atom. The van der Waals surface area contributed by atoms with Crippen molar-refractivity contribution in [3.63, 3.8) is 0 Å². The quantitative estimate of drug-likeness (QED) is 0.379. The first kappa shape index (κ1) is 23.5. The second-order valence-electron chi connectivity index (χ2n) is 6.40. The topological polar surface area (TPSA) is 84.0 Å². The highest BCUT2D eigenvalue weighted by atomic mass is 79.9. The van der Waals surface area contributed by atoms with Crippen LogP contribution in [0.3, 0.4) is 0 Å².